The number of carbonyl (C=O) groups is 2. The SMILES string of the molecule is COc1ccccc1CC(=O)N1CCC(NC(=O)[C@H]2NCCO[C@@H]2C)CC1.Cl. The third-order valence-corrected chi connectivity index (χ3v) is 5.33. The Morgan fingerprint density at radius 3 is 2.68 bits per heavy atom. The van der Waals surface area contributed by atoms with E-state index in [4.69, 9.17) is 9.47 Å². The molecule has 2 aliphatic heterocycles. The first-order valence-electron chi connectivity index (χ1n) is 9.63. The van der Waals surface area contributed by atoms with Crippen LogP contribution >= 0.6 is 12.4 Å². The number of morpholine rings is 1. The molecule has 3 rings (SSSR count). The highest BCUT2D eigenvalue weighted by molar-refractivity contribution is 5.85. The van der Waals surface area contributed by atoms with E-state index in [0.29, 0.717) is 32.7 Å². The molecule has 8 heteroatoms. The van der Waals surface area contributed by atoms with Crippen molar-refractivity contribution < 1.29 is 19.1 Å². The second-order valence-electron chi connectivity index (χ2n) is 7.16. The molecular formula is C20H30ClN3O4. The number of nitrogens with one attached hydrogen (secondary N) is 2. The number of ether oxygens (including phenoxy) is 2. The molecule has 156 valence electrons. The average Bonchev–Trinajstić information content (AvgIpc) is 2.69. The lowest BCUT2D eigenvalue weighted by atomic mass is 10.0. The number of para-hydroxylation sites is 1. The van der Waals surface area contributed by atoms with Gasteiger partial charge in [-0.05, 0) is 25.8 Å². The molecule has 1 aromatic carbocycles. The lowest BCUT2D eigenvalue weighted by molar-refractivity contribution is -0.132. The molecule has 0 bridgehead atoms. The van der Waals surface area contributed by atoms with E-state index in [1.165, 1.54) is 0 Å². The monoisotopic (exact) mass is 411 g/mol. The van der Waals surface area contributed by atoms with Crippen molar-refractivity contribution in [1.82, 2.24) is 15.5 Å². The van der Waals surface area contributed by atoms with Gasteiger partial charge in [0.05, 0.1) is 26.2 Å². The van der Waals surface area contributed by atoms with Crippen molar-refractivity contribution >= 4 is 24.2 Å². The Labute approximate surface area is 172 Å². The lowest BCUT2D eigenvalue weighted by Gasteiger charge is -2.35. The van der Waals surface area contributed by atoms with E-state index in [1.807, 2.05) is 36.1 Å². The van der Waals surface area contributed by atoms with Crippen LogP contribution in [-0.2, 0) is 20.7 Å². The van der Waals surface area contributed by atoms with E-state index in [9.17, 15) is 9.59 Å². The number of hydrogen-bond acceptors (Lipinski definition) is 5. The first-order valence-corrected chi connectivity index (χ1v) is 9.63. The fourth-order valence-corrected chi connectivity index (χ4v) is 3.72. The van der Waals surface area contributed by atoms with Gasteiger partial charge in [0.2, 0.25) is 11.8 Å². The highest BCUT2D eigenvalue weighted by Gasteiger charge is 2.31. The number of rotatable bonds is 5. The maximum absolute atomic E-state index is 12.6. The van der Waals surface area contributed by atoms with E-state index >= 15 is 0 Å². The third-order valence-electron chi connectivity index (χ3n) is 5.33. The van der Waals surface area contributed by atoms with Crippen molar-refractivity contribution in [3.05, 3.63) is 29.8 Å². The number of benzene rings is 1. The minimum Gasteiger partial charge on any atom is -0.496 e. The van der Waals surface area contributed by atoms with Gasteiger partial charge in [0.1, 0.15) is 11.8 Å². The van der Waals surface area contributed by atoms with Gasteiger partial charge in [0.15, 0.2) is 0 Å². The zero-order valence-corrected chi connectivity index (χ0v) is 17.3. The zero-order chi connectivity index (χ0) is 19.2. The molecular weight excluding hydrogens is 382 g/mol. The molecule has 0 spiro atoms. The summed E-state index contributed by atoms with van der Waals surface area (Å²) in [5.74, 6) is 0.825. The van der Waals surface area contributed by atoms with Crippen LogP contribution in [0.2, 0.25) is 0 Å². The summed E-state index contributed by atoms with van der Waals surface area (Å²) in [4.78, 5) is 26.9. The van der Waals surface area contributed by atoms with Crippen LogP contribution in [0.4, 0.5) is 0 Å². The maximum atomic E-state index is 12.6. The Balaban J connectivity index is 0.00000280. The summed E-state index contributed by atoms with van der Waals surface area (Å²) < 4.78 is 10.9. The Kier molecular flexibility index (Phi) is 8.54. The van der Waals surface area contributed by atoms with Crippen LogP contribution in [-0.4, -0.2) is 68.3 Å². The van der Waals surface area contributed by atoms with Crippen molar-refractivity contribution in [3.63, 3.8) is 0 Å². The van der Waals surface area contributed by atoms with Gasteiger partial charge in [-0.15, -0.1) is 12.4 Å². The molecule has 1 aromatic rings. The standard InChI is InChI=1S/C20H29N3O4.ClH/c1-14-19(21-9-12-27-14)20(25)22-16-7-10-23(11-8-16)18(24)13-15-5-3-4-6-17(15)26-2;/h3-6,14,16,19,21H,7-13H2,1-2H3,(H,22,25);1H/t14-,19+;/m1./s1. The van der Waals surface area contributed by atoms with Crippen molar-refractivity contribution in [2.24, 2.45) is 0 Å². The Morgan fingerprint density at radius 2 is 2.00 bits per heavy atom. The van der Waals surface area contributed by atoms with Gasteiger partial charge < -0.3 is 25.0 Å². The van der Waals surface area contributed by atoms with Crippen LogP contribution in [0.25, 0.3) is 0 Å². The predicted octanol–water partition coefficient (Wildman–Crippen LogP) is 1.14. The summed E-state index contributed by atoms with van der Waals surface area (Å²) in [5, 5.41) is 6.32. The summed E-state index contributed by atoms with van der Waals surface area (Å²) in [6, 6.07) is 7.40. The minimum absolute atomic E-state index is 0. The number of hydrogen-bond donors (Lipinski definition) is 2. The number of amides is 2. The average molecular weight is 412 g/mol. The molecule has 2 fully saturated rings. The predicted molar refractivity (Wildman–Crippen MR) is 109 cm³/mol. The molecule has 2 saturated heterocycles. The van der Waals surface area contributed by atoms with E-state index in [-0.39, 0.29) is 42.4 Å². The molecule has 0 aliphatic carbocycles. The first-order chi connectivity index (χ1) is 13.1. The third kappa shape index (κ3) is 5.59. The molecule has 2 amide bonds. The fourth-order valence-electron chi connectivity index (χ4n) is 3.72. The summed E-state index contributed by atoms with van der Waals surface area (Å²) in [7, 11) is 1.62. The van der Waals surface area contributed by atoms with Crippen molar-refractivity contribution in [1.29, 1.82) is 0 Å². The van der Waals surface area contributed by atoms with Crippen LogP contribution in [0.1, 0.15) is 25.3 Å². The summed E-state index contributed by atoms with van der Waals surface area (Å²) in [6.07, 6.45) is 1.75. The van der Waals surface area contributed by atoms with E-state index < -0.39 is 0 Å². The molecule has 2 atom stereocenters. The van der Waals surface area contributed by atoms with E-state index in [0.717, 1.165) is 24.2 Å². The first kappa shape index (κ1) is 22.5. The Bertz CT molecular complexity index is 665. The molecule has 0 unspecified atom stereocenters. The van der Waals surface area contributed by atoms with Gasteiger partial charge in [0, 0.05) is 31.2 Å². The largest absolute Gasteiger partial charge is 0.496 e. The number of halogens is 1. The smallest absolute Gasteiger partial charge is 0.240 e. The quantitative estimate of drug-likeness (QED) is 0.759. The van der Waals surface area contributed by atoms with Gasteiger partial charge in [-0.1, -0.05) is 18.2 Å². The number of piperidine rings is 1. The topological polar surface area (TPSA) is 79.9 Å². The van der Waals surface area contributed by atoms with Gasteiger partial charge in [-0.3, -0.25) is 9.59 Å². The van der Waals surface area contributed by atoms with Crippen molar-refractivity contribution in [3.8, 4) is 5.75 Å². The van der Waals surface area contributed by atoms with Crippen molar-refractivity contribution in [2.75, 3.05) is 33.4 Å². The molecule has 0 saturated carbocycles. The molecule has 0 aromatic heterocycles. The van der Waals surface area contributed by atoms with Gasteiger partial charge >= 0.3 is 0 Å². The summed E-state index contributed by atoms with van der Waals surface area (Å²) in [6.45, 7) is 4.55. The second kappa shape index (κ2) is 10.6. The van der Waals surface area contributed by atoms with Crippen LogP contribution < -0.4 is 15.4 Å². The van der Waals surface area contributed by atoms with Crippen molar-refractivity contribution in [2.45, 2.75) is 44.4 Å². The number of methoxy groups -OCH3 is 1. The fraction of sp³-hybridized carbons (Fsp3) is 0.600. The highest BCUT2D eigenvalue weighted by atomic mass is 35.5. The van der Waals surface area contributed by atoms with E-state index in [1.54, 1.807) is 7.11 Å². The molecule has 2 heterocycles. The maximum Gasteiger partial charge on any atom is 0.240 e. The van der Waals surface area contributed by atoms with E-state index in [2.05, 4.69) is 10.6 Å². The Morgan fingerprint density at radius 1 is 1.29 bits per heavy atom. The zero-order valence-electron chi connectivity index (χ0n) is 16.5. The molecule has 28 heavy (non-hydrogen) atoms. The van der Waals surface area contributed by atoms with Gasteiger partial charge in [0.25, 0.3) is 0 Å². The van der Waals surface area contributed by atoms with Crippen LogP contribution in [0.3, 0.4) is 0 Å². The molecule has 2 N–H and O–H groups in total. The highest BCUT2D eigenvalue weighted by Crippen LogP contribution is 2.20. The lowest BCUT2D eigenvalue weighted by Crippen LogP contribution is -2.58. The molecule has 7 nitrogen and oxygen atoms in total. The van der Waals surface area contributed by atoms with Crippen LogP contribution in [0.15, 0.2) is 24.3 Å². The number of carbonyl (C=O) groups excluding carboxylic acids is 2. The summed E-state index contributed by atoms with van der Waals surface area (Å²) >= 11 is 0. The number of nitrogens with zero attached hydrogens (tertiary/aromatic N) is 1. The minimum atomic E-state index is -0.302. The van der Waals surface area contributed by atoms with Crippen LogP contribution in [0.5, 0.6) is 5.75 Å². The number of likely N-dealkylation sites (tertiary alicyclic amines) is 1. The summed E-state index contributed by atoms with van der Waals surface area (Å²) in [5.41, 5.74) is 0.901. The molecule has 0 radical (unpaired) electrons. The Hall–Kier alpha value is -1.83. The van der Waals surface area contributed by atoms with Gasteiger partial charge in [-0.25, -0.2) is 0 Å². The van der Waals surface area contributed by atoms with Crippen LogP contribution in [0, 0.1) is 0 Å². The normalized spacial score (nSPS) is 22.9. The van der Waals surface area contributed by atoms with Gasteiger partial charge in [-0.2, -0.15) is 0 Å². The molecule has 2 aliphatic rings. The second-order valence-corrected chi connectivity index (χ2v) is 7.16.